The van der Waals surface area contributed by atoms with E-state index < -0.39 is 0 Å². The van der Waals surface area contributed by atoms with E-state index in [1.54, 1.807) is 4.68 Å². The van der Waals surface area contributed by atoms with Crippen LogP contribution >= 0.6 is 0 Å². The van der Waals surface area contributed by atoms with Gasteiger partial charge in [0, 0.05) is 13.2 Å². The third kappa shape index (κ3) is 1.27. The number of aryl methyl sites for hydroxylation is 1. The van der Waals surface area contributed by atoms with E-state index in [2.05, 4.69) is 5.10 Å². The van der Waals surface area contributed by atoms with Crippen LogP contribution in [0.25, 0.3) is 0 Å². The van der Waals surface area contributed by atoms with Crippen LogP contribution in [0, 0.1) is 0 Å². The molecule has 0 radical (unpaired) electrons. The highest BCUT2D eigenvalue weighted by Gasteiger charge is 2.21. The fourth-order valence-corrected chi connectivity index (χ4v) is 1.13. The van der Waals surface area contributed by atoms with Crippen molar-refractivity contribution in [3.63, 3.8) is 0 Å². The highest BCUT2D eigenvalue weighted by Crippen LogP contribution is 2.19. The highest BCUT2D eigenvalue weighted by molar-refractivity contribution is 5.06. The summed E-state index contributed by atoms with van der Waals surface area (Å²) >= 11 is 0. The van der Waals surface area contributed by atoms with Crippen molar-refractivity contribution < 1.29 is 9.78 Å². The van der Waals surface area contributed by atoms with E-state index in [1.807, 2.05) is 19.3 Å². The van der Waals surface area contributed by atoms with E-state index in [0.717, 1.165) is 5.69 Å². The highest BCUT2D eigenvalue weighted by atomic mass is 17.2. The van der Waals surface area contributed by atoms with Gasteiger partial charge in [-0.1, -0.05) is 0 Å². The molecular formula is C7H10N2O2. The van der Waals surface area contributed by atoms with Gasteiger partial charge in [-0.25, -0.2) is 9.78 Å². The van der Waals surface area contributed by atoms with Crippen LogP contribution in [0.3, 0.4) is 0 Å². The smallest absolute Gasteiger partial charge is 0.0930 e. The van der Waals surface area contributed by atoms with Gasteiger partial charge < -0.3 is 0 Å². The van der Waals surface area contributed by atoms with Crippen molar-refractivity contribution in [1.82, 2.24) is 9.78 Å². The molecule has 4 nitrogen and oxygen atoms in total. The number of hydrogen-bond acceptors (Lipinski definition) is 3. The monoisotopic (exact) mass is 154 g/mol. The Balaban J connectivity index is 2.15. The maximum absolute atomic E-state index is 4.77. The molecule has 1 aliphatic heterocycles. The Morgan fingerprint density at radius 2 is 2.27 bits per heavy atom. The zero-order valence-corrected chi connectivity index (χ0v) is 6.36. The minimum absolute atomic E-state index is 0.316. The Hall–Kier alpha value is -0.870. The summed E-state index contributed by atoms with van der Waals surface area (Å²) in [4.78, 5) is 9.54. The third-order valence-corrected chi connectivity index (χ3v) is 1.77. The van der Waals surface area contributed by atoms with Crippen LogP contribution in [0.5, 0.6) is 0 Å². The molecule has 0 aromatic carbocycles. The fraction of sp³-hybridized carbons (Fsp3) is 0.571. The second kappa shape index (κ2) is 2.64. The van der Waals surface area contributed by atoms with Gasteiger partial charge in [-0.3, -0.25) is 4.68 Å². The van der Waals surface area contributed by atoms with Gasteiger partial charge in [0.05, 0.1) is 24.8 Å². The van der Waals surface area contributed by atoms with Crippen LogP contribution in [0.2, 0.25) is 0 Å². The van der Waals surface area contributed by atoms with Crippen molar-refractivity contribution in [2.75, 3.05) is 13.2 Å². The van der Waals surface area contributed by atoms with Crippen LogP contribution in [0.1, 0.15) is 11.6 Å². The van der Waals surface area contributed by atoms with Crippen molar-refractivity contribution in [1.29, 1.82) is 0 Å². The van der Waals surface area contributed by atoms with Crippen molar-refractivity contribution in [3.05, 3.63) is 18.0 Å². The average Bonchev–Trinajstić information content (AvgIpc) is 2.55. The largest absolute Gasteiger partial charge is 0.276 e. The summed E-state index contributed by atoms with van der Waals surface area (Å²) in [6.07, 6.45) is 1.92. The van der Waals surface area contributed by atoms with Gasteiger partial charge in [0.15, 0.2) is 0 Å². The Morgan fingerprint density at radius 3 is 2.82 bits per heavy atom. The van der Waals surface area contributed by atoms with E-state index in [9.17, 15) is 0 Å². The van der Waals surface area contributed by atoms with E-state index >= 15 is 0 Å². The Kier molecular flexibility index (Phi) is 1.63. The van der Waals surface area contributed by atoms with Crippen LogP contribution in [-0.4, -0.2) is 23.0 Å². The molecule has 1 saturated heterocycles. The zero-order valence-electron chi connectivity index (χ0n) is 6.36. The minimum Gasteiger partial charge on any atom is -0.276 e. The molecule has 2 rings (SSSR count). The molecule has 0 saturated carbocycles. The lowest BCUT2D eigenvalue weighted by atomic mass is 10.1. The second-order valence-corrected chi connectivity index (χ2v) is 2.68. The normalized spacial score (nSPS) is 19.4. The summed E-state index contributed by atoms with van der Waals surface area (Å²) in [7, 11) is 1.90. The minimum atomic E-state index is 0.316. The lowest BCUT2D eigenvalue weighted by Crippen LogP contribution is -2.02. The first kappa shape index (κ1) is 6.82. The Bertz CT molecular complexity index is 240. The summed E-state index contributed by atoms with van der Waals surface area (Å²) in [6, 6.07) is 1.99. The van der Waals surface area contributed by atoms with E-state index in [4.69, 9.17) is 9.78 Å². The fourth-order valence-electron chi connectivity index (χ4n) is 1.13. The lowest BCUT2D eigenvalue weighted by Gasteiger charge is -1.97. The Morgan fingerprint density at radius 1 is 1.55 bits per heavy atom. The van der Waals surface area contributed by atoms with E-state index in [1.165, 1.54) is 0 Å². The zero-order chi connectivity index (χ0) is 7.68. The van der Waals surface area contributed by atoms with Gasteiger partial charge in [-0.05, 0) is 6.07 Å². The molecule has 60 valence electrons. The lowest BCUT2D eigenvalue weighted by molar-refractivity contribution is -0.248. The molecule has 0 unspecified atom stereocenters. The molecule has 1 aliphatic rings. The molecule has 4 heteroatoms. The summed E-state index contributed by atoms with van der Waals surface area (Å²) in [5.41, 5.74) is 1.05. The van der Waals surface area contributed by atoms with Crippen LogP contribution in [0.15, 0.2) is 12.3 Å². The average molecular weight is 154 g/mol. The quantitative estimate of drug-likeness (QED) is 0.551. The molecular weight excluding hydrogens is 144 g/mol. The summed E-state index contributed by atoms with van der Waals surface area (Å²) in [5, 5.41) is 4.25. The van der Waals surface area contributed by atoms with Gasteiger partial charge in [-0.15, -0.1) is 0 Å². The van der Waals surface area contributed by atoms with Gasteiger partial charge in [0.2, 0.25) is 0 Å². The standard InChI is InChI=1S/C7H10N2O2/c1-9-3-2-7(8-9)6-4-10-11-5-6/h2-3,6H,4-5H2,1H3. The predicted molar refractivity (Wildman–Crippen MR) is 37.9 cm³/mol. The van der Waals surface area contributed by atoms with E-state index in [-0.39, 0.29) is 0 Å². The maximum Gasteiger partial charge on any atom is 0.0930 e. The second-order valence-electron chi connectivity index (χ2n) is 2.68. The van der Waals surface area contributed by atoms with Crippen molar-refractivity contribution in [2.45, 2.75) is 5.92 Å². The molecule has 1 aromatic heterocycles. The van der Waals surface area contributed by atoms with Crippen molar-refractivity contribution in [2.24, 2.45) is 7.05 Å². The predicted octanol–water partition coefficient (Wildman–Crippen LogP) is 0.466. The topological polar surface area (TPSA) is 36.3 Å². The summed E-state index contributed by atoms with van der Waals surface area (Å²) in [5.74, 6) is 0.316. The first-order valence-corrected chi connectivity index (χ1v) is 3.60. The van der Waals surface area contributed by atoms with Crippen molar-refractivity contribution in [3.8, 4) is 0 Å². The number of hydrogen-bond donors (Lipinski definition) is 0. The van der Waals surface area contributed by atoms with E-state index in [0.29, 0.717) is 19.1 Å². The molecule has 11 heavy (non-hydrogen) atoms. The van der Waals surface area contributed by atoms with Crippen LogP contribution in [-0.2, 0) is 16.8 Å². The molecule has 0 spiro atoms. The van der Waals surface area contributed by atoms with Gasteiger partial charge in [-0.2, -0.15) is 5.10 Å². The molecule has 1 aromatic rings. The van der Waals surface area contributed by atoms with Gasteiger partial charge >= 0.3 is 0 Å². The Labute approximate surface area is 64.6 Å². The van der Waals surface area contributed by atoms with Gasteiger partial charge in [0.1, 0.15) is 0 Å². The molecule has 0 amide bonds. The molecule has 0 atom stereocenters. The molecule has 0 aliphatic carbocycles. The first-order chi connectivity index (χ1) is 5.36. The summed E-state index contributed by atoms with van der Waals surface area (Å²) < 4.78 is 1.79. The number of nitrogens with zero attached hydrogens (tertiary/aromatic N) is 2. The number of aromatic nitrogens is 2. The van der Waals surface area contributed by atoms with Crippen LogP contribution in [0.4, 0.5) is 0 Å². The molecule has 2 heterocycles. The van der Waals surface area contributed by atoms with Gasteiger partial charge in [0.25, 0.3) is 0 Å². The first-order valence-electron chi connectivity index (χ1n) is 3.60. The molecule has 0 bridgehead atoms. The molecule has 0 N–H and O–H groups in total. The summed E-state index contributed by atoms with van der Waals surface area (Å²) in [6.45, 7) is 1.24. The maximum atomic E-state index is 4.77. The van der Waals surface area contributed by atoms with Crippen molar-refractivity contribution >= 4 is 0 Å². The molecule has 1 fully saturated rings. The van der Waals surface area contributed by atoms with Crippen LogP contribution < -0.4 is 0 Å². The SMILES string of the molecule is Cn1ccc(C2COOC2)n1. The third-order valence-electron chi connectivity index (χ3n) is 1.77. The number of rotatable bonds is 1.